The number of hydrogen-bond acceptors (Lipinski definition) is 2. The number of rotatable bonds is 3. The van der Waals surface area contributed by atoms with E-state index in [-0.39, 0.29) is 11.4 Å². The quantitative estimate of drug-likeness (QED) is 0.639. The van der Waals surface area contributed by atoms with Crippen molar-refractivity contribution in [1.29, 1.82) is 0 Å². The molecular weight excluding hydrogens is 176 g/mol. The van der Waals surface area contributed by atoms with Crippen LogP contribution in [0, 0.1) is 5.41 Å². The first kappa shape index (κ1) is 9.25. The average molecular weight is 190 g/mol. The predicted octanol–water partition coefficient (Wildman–Crippen LogP) is 2.38. The van der Waals surface area contributed by atoms with Crippen LogP contribution in [0.15, 0.2) is 35.5 Å². The van der Waals surface area contributed by atoms with Gasteiger partial charge >= 0.3 is 5.97 Å². The largest absolute Gasteiger partial charge is 0.466 e. The molecule has 0 aliphatic heterocycles. The number of allylic oxidation sites excluding steroid dienone is 6. The zero-order valence-electron chi connectivity index (χ0n) is 8.54. The van der Waals surface area contributed by atoms with Gasteiger partial charge < -0.3 is 4.74 Å². The van der Waals surface area contributed by atoms with Crippen LogP contribution in [0.4, 0.5) is 0 Å². The predicted molar refractivity (Wildman–Crippen MR) is 54.7 cm³/mol. The van der Waals surface area contributed by atoms with Gasteiger partial charge in [-0.1, -0.05) is 31.2 Å². The Morgan fingerprint density at radius 3 is 2.36 bits per heavy atom. The molecule has 0 saturated heterocycles. The third kappa shape index (κ3) is 1.22. The highest BCUT2D eigenvalue weighted by Crippen LogP contribution is 2.48. The van der Waals surface area contributed by atoms with Crippen molar-refractivity contribution in [1.82, 2.24) is 0 Å². The molecule has 0 spiro atoms. The van der Waals surface area contributed by atoms with Gasteiger partial charge in [-0.25, -0.2) is 0 Å². The smallest absolute Gasteiger partial charge is 0.307 e. The third-order valence-corrected chi connectivity index (χ3v) is 2.96. The highest BCUT2D eigenvalue weighted by atomic mass is 16.5. The van der Waals surface area contributed by atoms with Crippen molar-refractivity contribution >= 4 is 5.97 Å². The van der Waals surface area contributed by atoms with Crippen LogP contribution in [0.3, 0.4) is 0 Å². The van der Waals surface area contributed by atoms with Crippen molar-refractivity contribution in [2.75, 3.05) is 6.61 Å². The van der Waals surface area contributed by atoms with Gasteiger partial charge in [-0.3, -0.25) is 4.79 Å². The minimum absolute atomic E-state index is 0.114. The standard InChI is InChI=1S/C12H14O2/c1-3-14-11(13)8-12(2)9-4-5-10(12)7-6-9/h4-7H,3,8H2,1-2H3. The molecule has 0 fully saturated rings. The fraction of sp³-hybridized carbons (Fsp3) is 0.417. The molecule has 0 aromatic carbocycles. The Hall–Kier alpha value is -1.31. The number of carbonyl (C=O) groups excluding carboxylic acids is 1. The van der Waals surface area contributed by atoms with Crippen molar-refractivity contribution in [3.05, 3.63) is 35.5 Å². The summed E-state index contributed by atoms with van der Waals surface area (Å²) in [6.45, 7) is 4.38. The van der Waals surface area contributed by atoms with E-state index in [0.29, 0.717) is 13.0 Å². The molecule has 0 radical (unpaired) electrons. The lowest BCUT2D eigenvalue weighted by atomic mass is 9.80. The summed E-state index contributed by atoms with van der Waals surface area (Å²) in [6.07, 6.45) is 8.76. The molecule has 0 amide bonds. The van der Waals surface area contributed by atoms with Crippen molar-refractivity contribution in [2.24, 2.45) is 5.41 Å². The van der Waals surface area contributed by atoms with Gasteiger partial charge in [0.1, 0.15) is 0 Å². The molecule has 0 N–H and O–H groups in total. The van der Waals surface area contributed by atoms with Gasteiger partial charge in [-0.2, -0.15) is 0 Å². The molecule has 2 aliphatic rings. The second-order valence-electron chi connectivity index (χ2n) is 3.89. The summed E-state index contributed by atoms with van der Waals surface area (Å²) < 4.78 is 4.97. The van der Waals surface area contributed by atoms with Gasteiger partial charge in [-0.15, -0.1) is 0 Å². The highest BCUT2D eigenvalue weighted by molar-refractivity contribution is 5.74. The number of fused-ring (bicyclic) bond motifs is 2. The number of carbonyl (C=O) groups is 1. The summed E-state index contributed by atoms with van der Waals surface area (Å²) in [4.78, 5) is 11.4. The minimum atomic E-state index is -0.119. The van der Waals surface area contributed by atoms with Crippen LogP contribution in [0.2, 0.25) is 0 Å². The Bertz CT molecular complexity index is 337. The van der Waals surface area contributed by atoms with Crippen LogP contribution in [0.25, 0.3) is 0 Å². The van der Waals surface area contributed by atoms with Crippen molar-refractivity contribution in [2.45, 2.75) is 20.3 Å². The summed E-state index contributed by atoms with van der Waals surface area (Å²) in [5, 5.41) is 0. The molecule has 0 heterocycles. The second kappa shape index (κ2) is 3.12. The number of hydrogen-bond donors (Lipinski definition) is 0. The molecule has 2 aliphatic carbocycles. The molecule has 2 nitrogen and oxygen atoms in total. The van der Waals surface area contributed by atoms with Crippen LogP contribution in [-0.4, -0.2) is 12.6 Å². The first-order valence-corrected chi connectivity index (χ1v) is 4.93. The van der Waals surface area contributed by atoms with Gasteiger partial charge in [0.2, 0.25) is 0 Å². The maximum absolute atomic E-state index is 11.4. The molecule has 0 aromatic rings. The van der Waals surface area contributed by atoms with Crippen molar-refractivity contribution in [3.63, 3.8) is 0 Å². The highest BCUT2D eigenvalue weighted by Gasteiger charge is 2.39. The normalized spacial score (nSPS) is 20.7. The van der Waals surface area contributed by atoms with E-state index in [1.54, 1.807) is 0 Å². The summed E-state index contributed by atoms with van der Waals surface area (Å²) >= 11 is 0. The topological polar surface area (TPSA) is 26.3 Å². The summed E-state index contributed by atoms with van der Waals surface area (Å²) in [7, 11) is 0. The molecule has 0 saturated carbocycles. The molecule has 2 bridgehead atoms. The van der Waals surface area contributed by atoms with Crippen LogP contribution >= 0.6 is 0 Å². The van der Waals surface area contributed by atoms with E-state index in [1.807, 2.05) is 6.92 Å². The summed E-state index contributed by atoms with van der Waals surface area (Å²) in [5.74, 6) is -0.114. The molecule has 0 aromatic heterocycles. The molecule has 2 rings (SSSR count). The van der Waals surface area contributed by atoms with E-state index in [4.69, 9.17) is 4.74 Å². The Balaban J connectivity index is 2.10. The summed E-state index contributed by atoms with van der Waals surface area (Å²) in [5.41, 5.74) is 2.33. The first-order chi connectivity index (χ1) is 6.66. The van der Waals surface area contributed by atoms with Gasteiger partial charge in [0.25, 0.3) is 0 Å². The average Bonchev–Trinajstić information content (AvgIpc) is 2.60. The Kier molecular flexibility index (Phi) is 2.06. The lowest BCUT2D eigenvalue weighted by Gasteiger charge is -2.23. The minimum Gasteiger partial charge on any atom is -0.466 e. The Morgan fingerprint density at radius 2 is 1.93 bits per heavy atom. The molecule has 74 valence electrons. The Labute approximate surface area is 83.9 Å². The van der Waals surface area contributed by atoms with E-state index in [0.717, 1.165) is 0 Å². The van der Waals surface area contributed by atoms with Crippen LogP contribution in [-0.2, 0) is 9.53 Å². The maximum atomic E-state index is 11.4. The van der Waals surface area contributed by atoms with Crippen LogP contribution in [0.5, 0.6) is 0 Å². The summed E-state index contributed by atoms with van der Waals surface area (Å²) in [6, 6.07) is 0. The van der Waals surface area contributed by atoms with Gasteiger partial charge in [0.15, 0.2) is 0 Å². The number of esters is 1. The SMILES string of the molecule is CCOC(=O)CC1(C)C2=CC=C1C=C2. The number of ether oxygens (including phenoxy) is 1. The van der Waals surface area contributed by atoms with E-state index in [1.165, 1.54) is 11.1 Å². The van der Waals surface area contributed by atoms with Gasteiger partial charge in [-0.05, 0) is 18.1 Å². The van der Waals surface area contributed by atoms with Crippen molar-refractivity contribution < 1.29 is 9.53 Å². The maximum Gasteiger partial charge on any atom is 0.307 e. The first-order valence-electron chi connectivity index (χ1n) is 4.93. The fourth-order valence-corrected chi connectivity index (χ4v) is 2.08. The monoisotopic (exact) mass is 190 g/mol. The van der Waals surface area contributed by atoms with Crippen LogP contribution in [0.1, 0.15) is 20.3 Å². The zero-order valence-corrected chi connectivity index (χ0v) is 8.54. The fourth-order valence-electron chi connectivity index (χ4n) is 2.08. The van der Waals surface area contributed by atoms with E-state index in [2.05, 4.69) is 31.2 Å². The van der Waals surface area contributed by atoms with Gasteiger partial charge in [0, 0.05) is 5.41 Å². The molecule has 14 heavy (non-hydrogen) atoms. The lowest BCUT2D eigenvalue weighted by Crippen LogP contribution is -2.21. The van der Waals surface area contributed by atoms with Crippen LogP contribution < -0.4 is 0 Å². The lowest BCUT2D eigenvalue weighted by molar-refractivity contribution is -0.144. The Morgan fingerprint density at radius 1 is 1.36 bits per heavy atom. The van der Waals surface area contributed by atoms with E-state index < -0.39 is 0 Å². The van der Waals surface area contributed by atoms with Crippen molar-refractivity contribution in [3.8, 4) is 0 Å². The van der Waals surface area contributed by atoms with E-state index in [9.17, 15) is 4.79 Å². The second-order valence-corrected chi connectivity index (χ2v) is 3.89. The van der Waals surface area contributed by atoms with Gasteiger partial charge in [0.05, 0.1) is 13.0 Å². The molecular formula is C12H14O2. The molecule has 0 unspecified atom stereocenters. The zero-order chi connectivity index (χ0) is 10.2. The van der Waals surface area contributed by atoms with E-state index >= 15 is 0 Å². The third-order valence-electron chi connectivity index (χ3n) is 2.96. The molecule has 0 atom stereocenters. The molecule has 2 heteroatoms.